The molecule has 0 radical (unpaired) electrons. The number of para-hydroxylation sites is 1. The van der Waals surface area contributed by atoms with E-state index >= 15 is 0 Å². The molecule has 44 heavy (non-hydrogen) atoms. The minimum absolute atomic E-state index is 0.156. The molecule has 1 saturated heterocycles. The van der Waals surface area contributed by atoms with Gasteiger partial charge in [0, 0.05) is 31.3 Å². The number of rotatable bonds is 8. The summed E-state index contributed by atoms with van der Waals surface area (Å²) < 4.78 is 19.8. The van der Waals surface area contributed by atoms with E-state index in [0.29, 0.717) is 29.9 Å². The molecule has 0 amide bonds. The molecule has 1 saturated carbocycles. The summed E-state index contributed by atoms with van der Waals surface area (Å²) in [5.74, 6) is 1.90. The SMILES string of the molecule is COc1c(CO)cnn1-c1cccc(-c2cccc(C)c2OCc2ccc3c(c2)CCN(C2CCC4(CCCO4)CC2)C3)n1. The monoisotopic (exact) mass is 594 g/mol. The molecule has 7 rings (SSSR count). The van der Waals surface area contributed by atoms with Gasteiger partial charge in [-0.1, -0.05) is 36.4 Å². The average Bonchev–Trinajstić information content (AvgIpc) is 3.71. The van der Waals surface area contributed by atoms with Crippen molar-refractivity contribution in [2.24, 2.45) is 0 Å². The molecule has 4 heterocycles. The van der Waals surface area contributed by atoms with Gasteiger partial charge in [0.1, 0.15) is 12.4 Å². The molecule has 2 aromatic heterocycles. The molecule has 0 bridgehead atoms. The van der Waals surface area contributed by atoms with Crippen LogP contribution in [0.3, 0.4) is 0 Å². The molecule has 2 fully saturated rings. The Morgan fingerprint density at radius 1 is 1.05 bits per heavy atom. The van der Waals surface area contributed by atoms with Crippen molar-refractivity contribution in [2.75, 3.05) is 20.3 Å². The van der Waals surface area contributed by atoms with Crippen molar-refractivity contribution in [1.82, 2.24) is 19.7 Å². The van der Waals surface area contributed by atoms with Crippen molar-refractivity contribution in [1.29, 1.82) is 0 Å². The van der Waals surface area contributed by atoms with Crippen LogP contribution >= 0.6 is 0 Å². The predicted molar refractivity (Wildman–Crippen MR) is 169 cm³/mol. The summed E-state index contributed by atoms with van der Waals surface area (Å²) in [6.45, 7) is 5.53. The summed E-state index contributed by atoms with van der Waals surface area (Å²) in [5.41, 5.74) is 7.65. The van der Waals surface area contributed by atoms with Crippen molar-refractivity contribution in [3.05, 3.63) is 88.6 Å². The van der Waals surface area contributed by atoms with Crippen LogP contribution in [0.5, 0.6) is 11.6 Å². The Bertz CT molecular complexity index is 1620. The van der Waals surface area contributed by atoms with E-state index in [1.54, 1.807) is 18.0 Å². The third kappa shape index (κ3) is 5.62. The summed E-state index contributed by atoms with van der Waals surface area (Å²) in [5, 5.41) is 14.0. The Balaban J connectivity index is 1.05. The smallest absolute Gasteiger partial charge is 0.223 e. The topological polar surface area (TPSA) is 81.9 Å². The standard InChI is InChI=1S/C36H42N4O4/c1-25-6-3-7-31(32-8-4-9-33(38-32)40-35(42-2)29(23-41)21-37-40)34(25)43-24-26-10-11-28-22-39(18-14-27(28)20-26)30-12-16-36(17-13-30)15-5-19-44-36/h3-4,6-11,20-21,30,41H,5,12-19,22-24H2,1-2H3. The second-order valence-corrected chi connectivity index (χ2v) is 12.6. The number of methoxy groups -OCH3 is 1. The number of aryl methyl sites for hydroxylation is 1. The first kappa shape index (κ1) is 29.0. The van der Waals surface area contributed by atoms with E-state index in [-0.39, 0.29) is 12.2 Å². The first-order valence-corrected chi connectivity index (χ1v) is 16.0. The van der Waals surface area contributed by atoms with Gasteiger partial charge in [-0.25, -0.2) is 4.98 Å². The third-order valence-electron chi connectivity index (χ3n) is 9.86. The van der Waals surface area contributed by atoms with Gasteiger partial charge in [0.15, 0.2) is 5.82 Å². The number of pyridine rings is 1. The Morgan fingerprint density at radius 2 is 1.91 bits per heavy atom. The van der Waals surface area contributed by atoms with Gasteiger partial charge in [0.25, 0.3) is 0 Å². The molecular formula is C36H42N4O4. The third-order valence-corrected chi connectivity index (χ3v) is 9.86. The van der Waals surface area contributed by atoms with E-state index in [1.807, 2.05) is 30.3 Å². The Kier molecular flexibility index (Phi) is 8.14. The Hall–Kier alpha value is -3.72. The summed E-state index contributed by atoms with van der Waals surface area (Å²) >= 11 is 0. The van der Waals surface area contributed by atoms with E-state index in [0.717, 1.165) is 48.7 Å². The average molecular weight is 595 g/mol. The highest BCUT2D eigenvalue weighted by Gasteiger charge is 2.40. The molecule has 230 valence electrons. The molecular weight excluding hydrogens is 552 g/mol. The summed E-state index contributed by atoms with van der Waals surface area (Å²) in [6.07, 6.45) is 10.1. The lowest BCUT2D eigenvalue weighted by atomic mass is 9.79. The molecule has 4 aromatic rings. The van der Waals surface area contributed by atoms with E-state index in [1.165, 1.54) is 55.2 Å². The highest BCUT2D eigenvalue weighted by Crippen LogP contribution is 2.41. The molecule has 0 unspecified atom stereocenters. The maximum Gasteiger partial charge on any atom is 0.223 e. The van der Waals surface area contributed by atoms with Crippen molar-refractivity contribution in [2.45, 2.75) is 83.3 Å². The van der Waals surface area contributed by atoms with Crippen LogP contribution in [0.15, 0.2) is 60.8 Å². The van der Waals surface area contributed by atoms with Crippen molar-refractivity contribution in [3.63, 3.8) is 0 Å². The molecule has 8 heteroatoms. The minimum Gasteiger partial charge on any atom is -0.488 e. The summed E-state index contributed by atoms with van der Waals surface area (Å²) in [6, 6.07) is 19.5. The number of ether oxygens (including phenoxy) is 3. The highest BCUT2D eigenvalue weighted by atomic mass is 16.5. The zero-order chi connectivity index (χ0) is 30.1. The largest absolute Gasteiger partial charge is 0.488 e. The van der Waals surface area contributed by atoms with Crippen LogP contribution in [-0.2, 0) is 30.9 Å². The number of aliphatic hydroxyl groups excluding tert-OH is 1. The quantitative estimate of drug-likeness (QED) is 0.261. The van der Waals surface area contributed by atoms with E-state index in [2.05, 4.69) is 41.2 Å². The molecule has 2 aromatic carbocycles. The van der Waals surface area contributed by atoms with Crippen LogP contribution in [0.2, 0.25) is 0 Å². The lowest BCUT2D eigenvalue weighted by Gasteiger charge is -2.43. The van der Waals surface area contributed by atoms with Gasteiger partial charge in [0.2, 0.25) is 5.88 Å². The first-order chi connectivity index (χ1) is 21.6. The molecule has 1 spiro atoms. The van der Waals surface area contributed by atoms with Gasteiger partial charge in [-0.05, 0) is 92.3 Å². The molecule has 2 aliphatic heterocycles. The van der Waals surface area contributed by atoms with Crippen LogP contribution in [0, 0.1) is 6.92 Å². The number of aliphatic hydroxyl groups is 1. The molecule has 0 atom stereocenters. The van der Waals surface area contributed by atoms with Crippen LogP contribution < -0.4 is 9.47 Å². The number of hydrogen-bond acceptors (Lipinski definition) is 7. The predicted octanol–water partition coefficient (Wildman–Crippen LogP) is 6.17. The fraction of sp³-hybridized carbons (Fsp3) is 0.444. The van der Waals surface area contributed by atoms with E-state index in [9.17, 15) is 5.11 Å². The lowest BCUT2D eigenvalue weighted by molar-refractivity contribution is -0.0437. The van der Waals surface area contributed by atoms with Gasteiger partial charge < -0.3 is 19.3 Å². The van der Waals surface area contributed by atoms with Crippen molar-refractivity contribution in [3.8, 4) is 28.7 Å². The fourth-order valence-corrected chi connectivity index (χ4v) is 7.43. The van der Waals surface area contributed by atoms with Crippen LogP contribution in [0.4, 0.5) is 0 Å². The van der Waals surface area contributed by atoms with Crippen LogP contribution in [0.1, 0.15) is 66.3 Å². The number of nitrogens with zero attached hydrogens (tertiary/aromatic N) is 4. The van der Waals surface area contributed by atoms with Crippen LogP contribution in [0.25, 0.3) is 17.1 Å². The number of hydrogen-bond donors (Lipinski definition) is 1. The van der Waals surface area contributed by atoms with E-state index in [4.69, 9.17) is 19.2 Å². The maximum atomic E-state index is 9.65. The maximum absolute atomic E-state index is 9.65. The molecule has 1 N–H and O–H groups in total. The normalized spacial score (nSPS) is 21.8. The highest BCUT2D eigenvalue weighted by molar-refractivity contribution is 5.69. The summed E-state index contributed by atoms with van der Waals surface area (Å²) in [7, 11) is 1.57. The minimum atomic E-state index is -0.156. The zero-order valence-electron chi connectivity index (χ0n) is 25.8. The first-order valence-electron chi connectivity index (χ1n) is 16.0. The Labute approximate surface area is 259 Å². The molecule has 1 aliphatic carbocycles. The van der Waals surface area contributed by atoms with Crippen molar-refractivity contribution >= 4 is 0 Å². The number of aromatic nitrogens is 3. The second kappa shape index (κ2) is 12.3. The second-order valence-electron chi connectivity index (χ2n) is 12.6. The summed E-state index contributed by atoms with van der Waals surface area (Å²) in [4.78, 5) is 7.61. The van der Waals surface area contributed by atoms with Gasteiger partial charge in [-0.15, -0.1) is 0 Å². The lowest BCUT2D eigenvalue weighted by Crippen LogP contribution is -2.45. The fourth-order valence-electron chi connectivity index (χ4n) is 7.43. The zero-order valence-corrected chi connectivity index (χ0v) is 25.8. The molecule has 8 nitrogen and oxygen atoms in total. The number of fused-ring (bicyclic) bond motifs is 1. The van der Waals surface area contributed by atoms with Gasteiger partial charge in [-0.2, -0.15) is 9.78 Å². The van der Waals surface area contributed by atoms with Gasteiger partial charge in [-0.3, -0.25) is 4.90 Å². The van der Waals surface area contributed by atoms with E-state index < -0.39 is 0 Å². The van der Waals surface area contributed by atoms with Gasteiger partial charge in [0.05, 0.1) is 36.8 Å². The van der Waals surface area contributed by atoms with Crippen LogP contribution in [-0.4, -0.2) is 56.7 Å². The van der Waals surface area contributed by atoms with Crippen molar-refractivity contribution < 1.29 is 19.3 Å². The van der Waals surface area contributed by atoms with Gasteiger partial charge >= 0.3 is 0 Å². The number of benzene rings is 2. The Morgan fingerprint density at radius 3 is 2.70 bits per heavy atom. The molecule has 3 aliphatic rings.